The number of aldehydes is 1. The Kier molecular flexibility index (Phi) is 6.66. The highest BCUT2D eigenvalue weighted by molar-refractivity contribution is 7.20. The van der Waals surface area contributed by atoms with Crippen molar-refractivity contribution in [2.24, 2.45) is 0 Å². The molecular formula is C20H24O7S. The predicted molar refractivity (Wildman–Crippen MR) is 106 cm³/mol. The van der Waals surface area contributed by atoms with Crippen molar-refractivity contribution in [3.8, 4) is 11.5 Å². The van der Waals surface area contributed by atoms with Crippen LogP contribution in [0.2, 0.25) is 0 Å². The van der Waals surface area contributed by atoms with Gasteiger partial charge in [-0.1, -0.05) is 0 Å². The molecule has 7 nitrogen and oxygen atoms in total. The Morgan fingerprint density at radius 3 is 2.46 bits per heavy atom. The molecule has 0 spiro atoms. The van der Waals surface area contributed by atoms with Crippen LogP contribution in [-0.2, 0) is 14.3 Å². The third-order valence-corrected chi connectivity index (χ3v) is 4.69. The zero-order valence-corrected chi connectivity index (χ0v) is 17.6. The molecular weight excluding hydrogens is 384 g/mol. The van der Waals surface area contributed by atoms with Crippen LogP contribution in [0.3, 0.4) is 0 Å². The van der Waals surface area contributed by atoms with E-state index < -0.39 is 23.6 Å². The van der Waals surface area contributed by atoms with Gasteiger partial charge in [0.05, 0.1) is 19.3 Å². The molecule has 1 aromatic heterocycles. The first-order valence-corrected chi connectivity index (χ1v) is 9.59. The molecule has 152 valence electrons. The van der Waals surface area contributed by atoms with Crippen LogP contribution in [-0.4, -0.2) is 43.6 Å². The standard InChI is InChI=1S/C20H24O7S/c1-7-25-19(23)16-8-12-13(10-21)17(14(24-6)9-15(12)28-16)26-11(2)18(22)27-20(3,4)5/h8-11H,7H2,1-6H3. The van der Waals surface area contributed by atoms with Crippen molar-refractivity contribution < 1.29 is 33.3 Å². The Hall–Kier alpha value is -2.61. The Morgan fingerprint density at radius 1 is 1.25 bits per heavy atom. The van der Waals surface area contributed by atoms with Gasteiger partial charge in [0.15, 0.2) is 23.9 Å². The summed E-state index contributed by atoms with van der Waals surface area (Å²) in [5.41, 5.74) is -0.477. The van der Waals surface area contributed by atoms with Gasteiger partial charge in [-0.3, -0.25) is 4.79 Å². The van der Waals surface area contributed by atoms with Gasteiger partial charge in [0, 0.05) is 16.2 Å². The summed E-state index contributed by atoms with van der Waals surface area (Å²) >= 11 is 1.19. The summed E-state index contributed by atoms with van der Waals surface area (Å²) in [6, 6.07) is 3.24. The second kappa shape index (κ2) is 8.60. The molecule has 0 bridgehead atoms. The maximum Gasteiger partial charge on any atom is 0.348 e. The highest BCUT2D eigenvalue weighted by atomic mass is 32.1. The lowest BCUT2D eigenvalue weighted by Crippen LogP contribution is -2.33. The molecule has 1 heterocycles. The minimum atomic E-state index is -0.965. The SMILES string of the molecule is CCOC(=O)c1cc2c(C=O)c(OC(C)C(=O)OC(C)(C)C)c(OC)cc2s1. The first kappa shape index (κ1) is 21.7. The summed E-state index contributed by atoms with van der Waals surface area (Å²) in [5, 5.41) is 0.523. The number of rotatable bonds is 7. The fourth-order valence-corrected chi connectivity index (χ4v) is 3.47. The van der Waals surface area contributed by atoms with Crippen LogP contribution >= 0.6 is 11.3 Å². The number of hydrogen-bond acceptors (Lipinski definition) is 8. The van der Waals surface area contributed by atoms with Gasteiger partial charge in [-0.2, -0.15) is 0 Å². The molecule has 0 aliphatic carbocycles. The second-order valence-electron chi connectivity index (χ2n) is 6.98. The summed E-state index contributed by atoms with van der Waals surface area (Å²) in [7, 11) is 1.43. The van der Waals surface area contributed by atoms with Gasteiger partial charge in [0.25, 0.3) is 0 Å². The highest BCUT2D eigenvalue weighted by Gasteiger charge is 2.27. The molecule has 2 rings (SSSR count). The molecule has 0 N–H and O–H groups in total. The molecule has 0 amide bonds. The van der Waals surface area contributed by atoms with E-state index in [1.54, 1.807) is 39.8 Å². The van der Waals surface area contributed by atoms with E-state index in [1.807, 2.05) is 0 Å². The van der Waals surface area contributed by atoms with Gasteiger partial charge < -0.3 is 18.9 Å². The predicted octanol–water partition coefficient (Wildman–Crippen LogP) is 4.01. The van der Waals surface area contributed by atoms with Crippen LogP contribution < -0.4 is 9.47 Å². The van der Waals surface area contributed by atoms with Crippen molar-refractivity contribution in [1.82, 2.24) is 0 Å². The van der Waals surface area contributed by atoms with Gasteiger partial charge in [-0.25, -0.2) is 9.59 Å². The molecule has 2 aromatic rings. The first-order chi connectivity index (χ1) is 13.1. The third kappa shape index (κ3) is 4.81. The number of benzene rings is 1. The highest BCUT2D eigenvalue weighted by Crippen LogP contribution is 2.41. The zero-order chi connectivity index (χ0) is 21.1. The number of esters is 2. The monoisotopic (exact) mass is 408 g/mol. The van der Waals surface area contributed by atoms with Crippen molar-refractivity contribution in [3.05, 3.63) is 22.6 Å². The number of hydrogen-bond donors (Lipinski definition) is 0. The second-order valence-corrected chi connectivity index (χ2v) is 8.06. The molecule has 0 fully saturated rings. The molecule has 0 aliphatic heterocycles. The van der Waals surface area contributed by atoms with Gasteiger partial charge in [0.1, 0.15) is 10.5 Å². The van der Waals surface area contributed by atoms with E-state index in [0.29, 0.717) is 21.2 Å². The number of fused-ring (bicyclic) bond motifs is 1. The first-order valence-electron chi connectivity index (χ1n) is 8.77. The van der Waals surface area contributed by atoms with E-state index in [0.717, 1.165) is 0 Å². The number of ether oxygens (including phenoxy) is 4. The average Bonchev–Trinajstić information content (AvgIpc) is 3.03. The largest absolute Gasteiger partial charge is 0.493 e. The molecule has 1 unspecified atom stereocenters. The smallest absolute Gasteiger partial charge is 0.348 e. The molecule has 0 radical (unpaired) electrons. The van der Waals surface area contributed by atoms with Crippen LogP contribution in [0.15, 0.2) is 12.1 Å². The third-order valence-electron chi connectivity index (χ3n) is 3.63. The lowest BCUT2D eigenvalue weighted by atomic mass is 10.1. The minimum absolute atomic E-state index is 0.122. The molecule has 0 aliphatic rings. The average molecular weight is 408 g/mol. The van der Waals surface area contributed by atoms with Gasteiger partial charge in [-0.05, 0) is 40.7 Å². The molecule has 1 atom stereocenters. The maximum atomic E-state index is 12.3. The van der Waals surface area contributed by atoms with E-state index in [2.05, 4.69) is 0 Å². The zero-order valence-electron chi connectivity index (χ0n) is 16.8. The lowest BCUT2D eigenvalue weighted by molar-refractivity contribution is -0.162. The Labute approximate surface area is 167 Å². The van der Waals surface area contributed by atoms with Crippen LogP contribution in [0, 0.1) is 0 Å². The van der Waals surface area contributed by atoms with E-state index in [4.69, 9.17) is 18.9 Å². The maximum absolute atomic E-state index is 12.3. The van der Waals surface area contributed by atoms with Gasteiger partial charge >= 0.3 is 11.9 Å². The van der Waals surface area contributed by atoms with Crippen molar-refractivity contribution in [1.29, 1.82) is 0 Å². The molecule has 8 heteroatoms. The fourth-order valence-electron chi connectivity index (χ4n) is 2.47. The van der Waals surface area contributed by atoms with Crippen LogP contribution in [0.1, 0.15) is 54.6 Å². The molecule has 0 saturated heterocycles. The molecule has 28 heavy (non-hydrogen) atoms. The fraction of sp³-hybridized carbons (Fsp3) is 0.450. The van der Waals surface area contributed by atoms with E-state index >= 15 is 0 Å². The van der Waals surface area contributed by atoms with Crippen molar-refractivity contribution in [2.75, 3.05) is 13.7 Å². The lowest BCUT2D eigenvalue weighted by Gasteiger charge is -2.23. The Morgan fingerprint density at radius 2 is 1.93 bits per heavy atom. The summed E-state index contributed by atoms with van der Waals surface area (Å²) in [6.45, 7) is 8.76. The summed E-state index contributed by atoms with van der Waals surface area (Å²) in [6.07, 6.45) is -0.351. The topological polar surface area (TPSA) is 88.1 Å². The normalized spacial score (nSPS) is 12.4. The quantitative estimate of drug-likeness (QED) is 0.505. The minimum Gasteiger partial charge on any atom is -0.493 e. The molecule has 0 saturated carbocycles. The van der Waals surface area contributed by atoms with E-state index in [9.17, 15) is 14.4 Å². The number of thiophene rings is 1. The van der Waals surface area contributed by atoms with Gasteiger partial charge in [0.2, 0.25) is 0 Å². The summed E-state index contributed by atoms with van der Waals surface area (Å²) in [4.78, 5) is 36.5. The summed E-state index contributed by atoms with van der Waals surface area (Å²) < 4.78 is 22.1. The van der Waals surface area contributed by atoms with Crippen molar-refractivity contribution in [2.45, 2.75) is 46.3 Å². The Balaban J connectivity index is 2.48. The van der Waals surface area contributed by atoms with Crippen molar-refractivity contribution >= 4 is 39.6 Å². The van der Waals surface area contributed by atoms with E-state index in [-0.39, 0.29) is 23.7 Å². The van der Waals surface area contributed by atoms with E-state index in [1.165, 1.54) is 25.4 Å². The number of carbonyl (C=O) groups excluding carboxylic acids is 3. The Bertz CT molecular complexity index is 892. The van der Waals surface area contributed by atoms with Crippen LogP contribution in [0.25, 0.3) is 10.1 Å². The van der Waals surface area contributed by atoms with Crippen molar-refractivity contribution in [3.63, 3.8) is 0 Å². The van der Waals surface area contributed by atoms with Crippen LogP contribution in [0.5, 0.6) is 11.5 Å². The molecule has 1 aromatic carbocycles. The number of methoxy groups -OCH3 is 1. The van der Waals surface area contributed by atoms with Gasteiger partial charge in [-0.15, -0.1) is 11.3 Å². The van der Waals surface area contributed by atoms with Crippen LogP contribution in [0.4, 0.5) is 0 Å². The summed E-state index contributed by atoms with van der Waals surface area (Å²) in [5.74, 6) is -0.632. The number of carbonyl (C=O) groups is 3.